The molecule has 0 saturated carbocycles. The van der Waals surface area contributed by atoms with Crippen LogP contribution in [0, 0.1) is 18.6 Å². The highest BCUT2D eigenvalue weighted by atomic mass is 19.1. The summed E-state index contributed by atoms with van der Waals surface area (Å²) in [5.74, 6) is -1.29. The van der Waals surface area contributed by atoms with Gasteiger partial charge >= 0.3 is 0 Å². The molecule has 0 aliphatic rings. The Morgan fingerprint density at radius 2 is 2.11 bits per heavy atom. The van der Waals surface area contributed by atoms with E-state index in [0.717, 1.165) is 12.8 Å². The molecule has 3 nitrogen and oxygen atoms in total. The van der Waals surface area contributed by atoms with Crippen molar-refractivity contribution in [1.82, 2.24) is 0 Å². The average molecular weight is 273 g/mol. The zero-order valence-corrected chi connectivity index (χ0v) is 11.4. The second-order valence-electron chi connectivity index (χ2n) is 4.52. The Morgan fingerprint density at radius 3 is 2.79 bits per heavy atom. The molecule has 1 unspecified atom stereocenters. The highest BCUT2D eigenvalue weighted by Crippen LogP contribution is 2.21. The molecule has 0 aliphatic carbocycles. The molecule has 5 heteroatoms. The van der Waals surface area contributed by atoms with Crippen molar-refractivity contribution in [2.45, 2.75) is 32.8 Å². The number of aliphatic hydroxyl groups excluding tert-OH is 1. The molecule has 0 bridgehead atoms. The van der Waals surface area contributed by atoms with Gasteiger partial charge in [0.25, 0.3) is 0 Å². The molecule has 2 N–H and O–H groups in total. The Bertz CT molecular complexity index is 399. The van der Waals surface area contributed by atoms with E-state index in [-0.39, 0.29) is 18.8 Å². The molecule has 0 amide bonds. The number of unbranched alkanes of at least 4 members (excludes halogenated alkanes) is 1. The first-order chi connectivity index (χ1) is 9.06. The third-order valence-electron chi connectivity index (χ3n) is 2.75. The standard InChI is InChI=1S/C14H21F2NO2/c1-3-4-7-19-9-11(18)8-17-14-12(15)6-5-10(2)13(14)16/h5-6,11,17-18H,3-4,7-9H2,1-2H3. The minimum absolute atomic E-state index is 0.0451. The molecular weight excluding hydrogens is 252 g/mol. The minimum Gasteiger partial charge on any atom is -0.389 e. The van der Waals surface area contributed by atoms with E-state index in [1.54, 1.807) is 6.92 Å². The zero-order valence-electron chi connectivity index (χ0n) is 11.4. The van der Waals surface area contributed by atoms with Crippen molar-refractivity contribution in [3.63, 3.8) is 0 Å². The zero-order chi connectivity index (χ0) is 14.3. The van der Waals surface area contributed by atoms with Crippen LogP contribution in [0.4, 0.5) is 14.5 Å². The van der Waals surface area contributed by atoms with Gasteiger partial charge in [-0.05, 0) is 25.0 Å². The van der Waals surface area contributed by atoms with Gasteiger partial charge in [-0.3, -0.25) is 0 Å². The molecule has 1 aromatic rings. The molecule has 0 fully saturated rings. The van der Waals surface area contributed by atoms with Gasteiger partial charge in [0.15, 0.2) is 5.82 Å². The number of nitrogens with one attached hydrogen (secondary N) is 1. The van der Waals surface area contributed by atoms with Crippen molar-refractivity contribution < 1.29 is 18.6 Å². The van der Waals surface area contributed by atoms with Crippen molar-refractivity contribution in [3.8, 4) is 0 Å². The van der Waals surface area contributed by atoms with Gasteiger partial charge in [0, 0.05) is 13.2 Å². The number of hydrogen-bond donors (Lipinski definition) is 2. The summed E-state index contributed by atoms with van der Waals surface area (Å²) in [7, 11) is 0. The maximum Gasteiger partial charge on any atom is 0.152 e. The van der Waals surface area contributed by atoms with E-state index >= 15 is 0 Å². The lowest BCUT2D eigenvalue weighted by atomic mass is 10.2. The fourth-order valence-corrected chi connectivity index (χ4v) is 1.56. The minimum atomic E-state index is -0.795. The van der Waals surface area contributed by atoms with Gasteiger partial charge in [-0.25, -0.2) is 8.78 Å². The van der Waals surface area contributed by atoms with Crippen LogP contribution in [0.3, 0.4) is 0 Å². The van der Waals surface area contributed by atoms with Gasteiger partial charge < -0.3 is 15.2 Å². The molecule has 0 aromatic heterocycles. The highest BCUT2D eigenvalue weighted by Gasteiger charge is 2.12. The molecule has 1 rings (SSSR count). The molecule has 0 heterocycles. The predicted molar refractivity (Wildman–Crippen MR) is 71.3 cm³/mol. The average Bonchev–Trinajstić information content (AvgIpc) is 2.39. The van der Waals surface area contributed by atoms with Crippen molar-refractivity contribution in [1.29, 1.82) is 0 Å². The van der Waals surface area contributed by atoms with Gasteiger partial charge in [-0.2, -0.15) is 0 Å². The number of halogens is 2. The molecule has 1 aromatic carbocycles. The van der Waals surface area contributed by atoms with Crippen LogP contribution in [0.1, 0.15) is 25.3 Å². The SMILES string of the molecule is CCCCOCC(O)CNc1c(F)ccc(C)c1F. The van der Waals surface area contributed by atoms with Gasteiger partial charge in [-0.15, -0.1) is 0 Å². The number of rotatable bonds is 8. The fraction of sp³-hybridized carbons (Fsp3) is 0.571. The molecule has 0 spiro atoms. The summed E-state index contributed by atoms with van der Waals surface area (Å²) < 4.78 is 32.3. The highest BCUT2D eigenvalue weighted by molar-refractivity contribution is 5.48. The van der Waals surface area contributed by atoms with Crippen molar-refractivity contribution in [2.24, 2.45) is 0 Å². The summed E-state index contributed by atoms with van der Waals surface area (Å²) in [5, 5.41) is 12.2. The van der Waals surface area contributed by atoms with E-state index in [4.69, 9.17) is 4.74 Å². The molecular formula is C14H21F2NO2. The first-order valence-electron chi connectivity index (χ1n) is 6.50. The Balaban J connectivity index is 2.42. The van der Waals surface area contributed by atoms with Crippen molar-refractivity contribution >= 4 is 5.69 Å². The van der Waals surface area contributed by atoms with Crippen LogP contribution in [0.5, 0.6) is 0 Å². The quantitative estimate of drug-likeness (QED) is 0.716. The van der Waals surface area contributed by atoms with Crippen LogP contribution in [-0.4, -0.2) is 31.0 Å². The summed E-state index contributed by atoms with van der Waals surface area (Å²) in [4.78, 5) is 0. The van der Waals surface area contributed by atoms with E-state index < -0.39 is 17.7 Å². The summed E-state index contributed by atoms with van der Waals surface area (Å²) in [6.45, 7) is 4.39. The fourth-order valence-electron chi connectivity index (χ4n) is 1.56. The van der Waals surface area contributed by atoms with Gasteiger partial charge in [0.2, 0.25) is 0 Å². The lowest BCUT2D eigenvalue weighted by Gasteiger charge is -2.14. The molecule has 0 radical (unpaired) electrons. The smallest absolute Gasteiger partial charge is 0.152 e. The number of anilines is 1. The van der Waals surface area contributed by atoms with E-state index in [9.17, 15) is 13.9 Å². The van der Waals surface area contributed by atoms with Crippen LogP contribution in [0.25, 0.3) is 0 Å². The number of aryl methyl sites for hydroxylation is 1. The number of benzene rings is 1. The summed E-state index contributed by atoms with van der Waals surface area (Å²) in [6.07, 6.45) is 1.16. The molecule has 19 heavy (non-hydrogen) atoms. The molecule has 108 valence electrons. The largest absolute Gasteiger partial charge is 0.389 e. The summed E-state index contributed by atoms with van der Waals surface area (Å²) in [6, 6.07) is 2.57. The maximum atomic E-state index is 13.6. The van der Waals surface area contributed by atoms with Crippen LogP contribution in [0.2, 0.25) is 0 Å². The monoisotopic (exact) mass is 273 g/mol. The Hall–Kier alpha value is -1.20. The normalized spacial score (nSPS) is 12.5. The third kappa shape index (κ3) is 5.12. The Labute approximate surface area is 112 Å². The Kier molecular flexibility index (Phi) is 6.73. The van der Waals surface area contributed by atoms with Crippen LogP contribution in [0.15, 0.2) is 12.1 Å². The third-order valence-corrected chi connectivity index (χ3v) is 2.75. The topological polar surface area (TPSA) is 41.5 Å². The second kappa shape index (κ2) is 8.07. The van der Waals surface area contributed by atoms with Gasteiger partial charge in [0.05, 0.1) is 12.7 Å². The summed E-state index contributed by atoms with van der Waals surface area (Å²) in [5.41, 5.74) is 0.158. The first kappa shape index (κ1) is 15.9. The Morgan fingerprint density at radius 1 is 1.37 bits per heavy atom. The van der Waals surface area contributed by atoms with Crippen LogP contribution >= 0.6 is 0 Å². The van der Waals surface area contributed by atoms with Crippen LogP contribution in [-0.2, 0) is 4.74 Å². The first-order valence-corrected chi connectivity index (χ1v) is 6.50. The van der Waals surface area contributed by atoms with Crippen LogP contribution < -0.4 is 5.32 Å². The van der Waals surface area contributed by atoms with Gasteiger partial charge in [-0.1, -0.05) is 19.4 Å². The lowest BCUT2D eigenvalue weighted by molar-refractivity contribution is 0.0421. The number of ether oxygens (including phenoxy) is 1. The molecule has 0 saturated heterocycles. The molecule has 0 aliphatic heterocycles. The number of aliphatic hydroxyl groups is 1. The summed E-state index contributed by atoms with van der Waals surface area (Å²) >= 11 is 0. The number of hydrogen-bond acceptors (Lipinski definition) is 3. The van der Waals surface area contributed by atoms with Crippen molar-refractivity contribution in [2.75, 3.05) is 25.1 Å². The maximum absolute atomic E-state index is 13.6. The van der Waals surface area contributed by atoms with Gasteiger partial charge in [0.1, 0.15) is 11.5 Å². The lowest BCUT2D eigenvalue weighted by Crippen LogP contribution is -2.25. The predicted octanol–water partition coefficient (Wildman–Crippen LogP) is 2.86. The second-order valence-corrected chi connectivity index (χ2v) is 4.52. The molecule has 1 atom stereocenters. The van der Waals surface area contributed by atoms with E-state index in [2.05, 4.69) is 5.32 Å². The van der Waals surface area contributed by atoms with E-state index in [1.165, 1.54) is 12.1 Å². The van der Waals surface area contributed by atoms with E-state index in [0.29, 0.717) is 12.2 Å². The van der Waals surface area contributed by atoms with E-state index in [1.807, 2.05) is 6.92 Å². The van der Waals surface area contributed by atoms with Crippen molar-refractivity contribution in [3.05, 3.63) is 29.3 Å².